The van der Waals surface area contributed by atoms with Crippen LogP contribution in [-0.4, -0.2) is 12.6 Å². The van der Waals surface area contributed by atoms with Gasteiger partial charge in [-0.3, -0.25) is 0 Å². The van der Waals surface area contributed by atoms with E-state index in [1.165, 1.54) is 51.0 Å². The summed E-state index contributed by atoms with van der Waals surface area (Å²) in [4.78, 5) is 11.5. The summed E-state index contributed by atoms with van der Waals surface area (Å²) in [6, 6.07) is 0. The van der Waals surface area contributed by atoms with Crippen LogP contribution in [-0.2, 0) is 9.53 Å². The number of carbonyl (C=O) groups excluding carboxylic acids is 1. The van der Waals surface area contributed by atoms with Crippen LogP contribution in [0.25, 0.3) is 0 Å². The predicted octanol–water partition coefficient (Wildman–Crippen LogP) is 4.74. The van der Waals surface area contributed by atoms with Gasteiger partial charge in [-0.2, -0.15) is 0 Å². The van der Waals surface area contributed by atoms with E-state index in [1.54, 1.807) is 6.08 Å². The van der Waals surface area contributed by atoms with Crippen LogP contribution < -0.4 is 0 Å². The Morgan fingerprint density at radius 3 is 2.24 bits per heavy atom. The first-order valence-corrected chi connectivity index (χ1v) is 8.94. The lowest BCUT2D eigenvalue weighted by molar-refractivity contribution is -0.139. The van der Waals surface area contributed by atoms with Gasteiger partial charge in [0.1, 0.15) is 0 Å². The SMILES string of the molecule is CC=CC(=O)OCCC(CC)C12CC3CC(CC(C3)C1)C2. The van der Waals surface area contributed by atoms with E-state index in [0.29, 0.717) is 12.0 Å². The topological polar surface area (TPSA) is 26.3 Å². The Hall–Kier alpha value is -0.790. The maximum atomic E-state index is 11.5. The molecule has 0 aromatic rings. The minimum atomic E-state index is -0.183. The maximum absolute atomic E-state index is 11.5. The van der Waals surface area contributed by atoms with Crippen molar-refractivity contribution in [2.45, 2.75) is 65.2 Å². The van der Waals surface area contributed by atoms with E-state index >= 15 is 0 Å². The van der Waals surface area contributed by atoms with Crippen molar-refractivity contribution in [1.82, 2.24) is 0 Å². The Labute approximate surface area is 129 Å². The van der Waals surface area contributed by atoms with Crippen molar-refractivity contribution >= 4 is 5.97 Å². The molecule has 0 saturated heterocycles. The third-order valence-corrected chi connectivity index (χ3v) is 6.46. The molecule has 4 bridgehead atoms. The van der Waals surface area contributed by atoms with Crippen LogP contribution in [0.2, 0.25) is 0 Å². The smallest absolute Gasteiger partial charge is 0.330 e. The van der Waals surface area contributed by atoms with Crippen molar-refractivity contribution in [3.05, 3.63) is 12.2 Å². The Morgan fingerprint density at radius 2 is 1.76 bits per heavy atom. The van der Waals surface area contributed by atoms with Gasteiger partial charge < -0.3 is 4.74 Å². The van der Waals surface area contributed by atoms with Crippen LogP contribution in [0.5, 0.6) is 0 Å². The van der Waals surface area contributed by atoms with Crippen LogP contribution in [0.3, 0.4) is 0 Å². The molecule has 0 radical (unpaired) electrons. The Bertz CT molecular complexity index is 375. The van der Waals surface area contributed by atoms with Gasteiger partial charge in [-0.25, -0.2) is 4.79 Å². The summed E-state index contributed by atoms with van der Waals surface area (Å²) in [5.41, 5.74) is 0.594. The Morgan fingerprint density at radius 1 is 1.19 bits per heavy atom. The molecule has 4 aliphatic carbocycles. The van der Waals surface area contributed by atoms with Crippen LogP contribution in [0.4, 0.5) is 0 Å². The molecule has 0 amide bonds. The summed E-state index contributed by atoms with van der Waals surface area (Å²) < 4.78 is 5.35. The van der Waals surface area contributed by atoms with Gasteiger partial charge in [-0.1, -0.05) is 19.4 Å². The molecule has 0 aromatic carbocycles. The molecule has 4 aliphatic rings. The van der Waals surface area contributed by atoms with E-state index in [2.05, 4.69) is 6.92 Å². The third-order valence-electron chi connectivity index (χ3n) is 6.46. The number of hydrogen-bond donors (Lipinski definition) is 0. The number of carbonyl (C=O) groups is 1. The highest BCUT2D eigenvalue weighted by molar-refractivity contribution is 5.81. The zero-order valence-electron chi connectivity index (χ0n) is 13.6. The molecule has 4 fully saturated rings. The summed E-state index contributed by atoms with van der Waals surface area (Å²) in [6.45, 7) is 4.78. The minimum Gasteiger partial charge on any atom is -0.463 e. The highest BCUT2D eigenvalue weighted by Crippen LogP contribution is 2.63. The predicted molar refractivity (Wildman–Crippen MR) is 84.8 cm³/mol. The average molecular weight is 290 g/mol. The van der Waals surface area contributed by atoms with Gasteiger partial charge in [0, 0.05) is 6.08 Å². The number of rotatable bonds is 6. The van der Waals surface area contributed by atoms with Crippen molar-refractivity contribution in [2.75, 3.05) is 6.61 Å². The van der Waals surface area contributed by atoms with Crippen LogP contribution in [0, 0.1) is 29.1 Å². The van der Waals surface area contributed by atoms with E-state index in [4.69, 9.17) is 4.74 Å². The lowest BCUT2D eigenvalue weighted by Gasteiger charge is -2.59. The maximum Gasteiger partial charge on any atom is 0.330 e. The normalized spacial score (nSPS) is 38.9. The molecule has 0 aromatic heterocycles. The zero-order valence-corrected chi connectivity index (χ0v) is 13.6. The lowest BCUT2D eigenvalue weighted by Crippen LogP contribution is -2.49. The fourth-order valence-corrected chi connectivity index (χ4v) is 6.11. The highest BCUT2D eigenvalue weighted by Gasteiger charge is 2.53. The van der Waals surface area contributed by atoms with Crippen LogP contribution in [0.15, 0.2) is 12.2 Å². The van der Waals surface area contributed by atoms with Crippen molar-refractivity contribution < 1.29 is 9.53 Å². The van der Waals surface area contributed by atoms with Crippen LogP contribution >= 0.6 is 0 Å². The van der Waals surface area contributed by atoms with E-state index < -0.39 is 0 Å². The van der Waals surface area contributed by atoms with Crippen LogP contribution in [0.1, 0.15) is 65.2 Å². The minimum absolute atomic E-state index is 0.183. The second-order valence-corrected chi connectivity index (χ2v) is 7.84. The lowest BCUT2D eigenvalue weighted by atomic mass is 9.46. The highest BCUT2D eigenvalue weighted by atomic mass is 16.5. The fourth-order valence-electron chi connectivity index (χ4n) is 6.11. The molecule has 1 unspecified atom stereocenters. The van der Waals surface area contributed by atoms with Gasteiger partial charge in [0.05, 0.1) is 6.61 Å². The molecule has 0 heterocycles. The number of esters is 1. The van der Waals surface area contributed by atoms with E-state index in [0.717, 1.165) is 30.1 Å². The molecule has 0 aliphatic heterocycles. The first kappa shape index (κ1) is 15.1. The van der Waals surface area contributed by atoms with E-state index in [1.807, 2.05) is 6.92 Å². The molecule has 118 valence electrons. The number of ether oxygens (including phenoxy) is 1. The average Bonchev–Trinajstić information content (AvgIpc) is 2.42. The standard InChI is InChI=1S/C19H30O2/c1-3-5-18(20)21-7-6-17(4-2)19-11-14-8-15(12-19)10-16(9-14)13-19/h3,5,14-17H,4,6-13H2,1-2H3. The van der Waals surface area contributed by atoms with Gasteiger partial charge in [-0.15, -0.1) is 0 Å². The van der Waals surface area contributed by atoms with Crippen molar-refractivity contribution in [2.24, 2.45) is 29.1 Å². The quantitative estimate of drug-likeness (QED) is 0.522. The molecule has 0 spiro atoms. The molecule has 21 heavy (non-hydrogen) atoms. The second-order valence-electron chi connectivity index (χ2n) is 7.84. The molecule has 1 atom stereocenters. The van der Waals surface area contributed by atoms with Gasteiger partial charge in [0.25, 0.3) is 0 Å². The summed E-state index contributed by atoms with van der Waals surface area (Å²) in [7, 11) is 0. The third kappa shape index (κ3) is 3.05. The largest absolute Gasteiger partial charge is 0.463 e. The Balaban J connectivity index is 1.59. The number of allylic oxidation sites excluding steroid dienone is 1. The molecule has 4 saturated carbocycles. The number of hydrogen-bond acceptors (Lipinski definition) is 2. The van der Waals surface area contributed by atoms with Crippen molar-refractivity contribution in [3.8, 4) is 0 Å². The molecule has 2 heteroatoms. The van der Waals surface area contributed by atoms with Gasteiger partial charge in [0.2, 0.25) is 0 Å². The van der Waals surface area contributed by atoms with E-state index in [-0.39, 0.29) is 5.97 Å². The van der Waals surface area contributed by atoms with Crippen molar-refractivity contribution in [3.63, 3.8) is 0 Å². The fraction of sp³-hybridized carbons (Fsp3) is 0.842. The van der Waals surface area contributed by atoms with Gasteiger partial charge in [-0.05, 0) is 81.0 Å². The Kier molecular flexibility index (Phi) is 4.42. The van der Waals surface area contributed by atoms with E-state index in [9.17, 15) is 4.79 Å². The van der Waals surface area contributed by atoms with Crippen molar-refractivity contribution in [1.29, 1.82) is 0 Å². The molecular weight excluding hydrogens is 260 g/mol. The second kappa shape index (κ2) is 6.14. The van der Waals surface area contributed by atoms with Gasteiger partial charge in [0.15, 0.2) is 0 Å². The molecule has 4 rings (SSSR count). The van der Waals surface area contributed by atoms with Gasteiger partial charge >= 0.3 is 5.97 Å². The zero-order chi connectivity index (χ0) is 14.9. The summed E-state index contributed by atoms with van der Waals surface area (Å²) in [5, 5.41) is 0. The first-order chi connectivity index (χ1) is 10.1. The summed E-state index contributed by atoms with van der Waals surface area (Å²) in [5.74, 6) is 3.60. The summed E-state index contributed by atoms with van der Waals surface area (Å²) >= 11 is 0. The summed E-state index contributed by atoms with van der Waals surface area (Å²) in [6.07, 6.45) is 14.5. The molecule has 2 nitrogen and oxygen atoms in total. The first-order valence-electron chi connectivity index (χ1n) is 8.94. The monoisotopic (exact) mass is 290 g/mol. The molecule has 0 N–H and O–H groups in total. The molecular formula is C19H30O2.